The first-order valence-electron chi connectivity index (χ1n) is 5.58. The van der Waals surface area contributed by atoms with Crippen LogP contribution in [0.15, 0.2) is 34.9 Å². The number of carbonyl (C=O) groups is 1. The Morgan fingerprint density at radius 1 is 1.37 bits per heavy atom. The Labute approximate surface area is 120 Å². The molecule has 1 N–H and O–H groups in total. The molecule has 0 aliphatic rings. The number of anilines is 1. The van der Waals surface area contributed by atoms with Crippen molar-refractivity contribution in [2.45, 2.75) is 6.92 Å². The van der Waals surface area contributed by atoms with E-state index in [2.05, 4.69) is 5.32 Å². The summed E-state index contributed by atoms with van der Waals surface area (Å²) in [6.45, 7) is 2.39. The molecule has 0 saturated carbocycles. The quantitative estimate of drug-likeness (QED) is 0.919. The first kappa shape index (κ1) is 13.8. The zero-order valence-corrected chi connectivity index (χ0v) is 11.6. The SMILES string of the molecule is CCOc1ccc(NC(=O)c2ccoc2Cl)cc1Cl. The second-order valence-electron chi connectivity index (χ2n) is 3.64. The van der Waals surface area contributed by atoms with Gasteiger partial charge in [0.2, 0.25) is 5.22 Å². The summed E-state index contributed by atoms with van der Waals surface area (Å²) in [5, 5.41) is 3.15. The molecule has 0 bridgehead atoms. The van der Waals surface area contributed by atoms with Gasteiger partial charge in [-0.15, -0.1) is 0 Å². The Balaban J connectivity index is 2.14. The van der Waals surface area contributed by atoms with Crippen LogP contribution in [0.2, 0.25) is 10.2 Å². The molecule has 1 aromatic carbocycles. The lowest BCUT2D eigenvalue weighted by atomic mass is 10.2. The number of benzene rings is 1. The standard InChI is InChI=1S/C13H11Cl2NO3/c1-2-18-11-4-3-8(7-10(11)14)16-13(17)9-5-6-19-12(9)15/h3-7H,2H2,1H3,(H,16,17). The van der Waals surface area contributed by atoms with Gasteiger partial charge < -0.3 is 14.5 Å². The van der Waals surface area contributed by atoms with Crippen LogP contribution in [0.1, 0.15) is 17.3 Å². The number of furan rings is 1. The molecular formula is C13H11Cl2NO3. The van der Waals surface area contributed by atoms with Crippen molar-refractivity contribution in [1.82, 2.24) is 0 Å². The maximum Gasteiger partial charge on any atom is 0.260 e. The van der Waals surface area contributed by atoms with Crippen molar-refractivity contribution in [2.75, 3.05) is 11.9 Å². The van der Waals surface area contributed by atoms with Gasteiger partial charge in [-0.05, 0) is 42.8 Å². The lowest BCUT2D eigenvalue weighted by Gasteiger charge is -2.08. The van der Waals surface area contributed by atoms with Crippen LogP contribution in [0.5, 0.6) is 5.75 Å². The van der Waals surface area contributed by atoms with E-state index in [0.717, 1.165) is 0 Å². The molecule has 4 nitrogen and oxygen atoms in total. The number of nitrogens with one attached hydrogen (secondary N) is 1. The average Bonchev–Trinajstić information content (AvgIpc) is 2.79. The van der Waals surface area contributed by atoms with Gasteiger partial charge in [0.1, 0.15) is 5.75 Å². The zero-order valence-electron chi connectivity index (χ0n) is 10.1. The summed E-state index contributed by atoms with van der Waals surface area (Å²) in [5.41, 5.74) is 0.822. The Kier molecular flexibility index (Phi) is 4.35. The first-order chi connectivity index (χ1) is 9.11. The number of rotatable bonds is 4. The van der Waals surface area contributed by atoms with E-state index >= 15 is 0 Å². The van der Waals surface area contributed by atoms with Crippen molar-refractivity contribution in [2.24, 2.45) is 0 Å². The van der Waals surface area contributed by atoms with E-state index in [4.69, 9.17) is 32.4 Å². The van der Waals surface area contributed by atoms with Crippen molar-refractivity contribution in [3.8, 4) is 5.75 Å². The van der Waals surface area contributed by atoms with Crippen molar-refractivity contribution < 1.29 is 13.9 Å². The van der Waals surface area contributed by atoms with Crippen molar-refractivity contribution in [1.29, 1.82) is 0 Å². The third-order valence-electron chi connectivity index (χ3n) is 2.35. The lowest BCUT2D eigenvalue weighted by molar-refractivity contribution is 0.102. The van der Waals surface area contributed by atoms with Gasteiger partial charge in [-0.2, -0.15) is 0 Å². The van der Waals surface area contributed by atoms with Gasteiger partial charge >= 0.3 is 0 Å². The molecular weight excluding hydrogens is 289 g/mol. The number of ether oxygens (including phenoxy) is 1. The highest BCUT2D eigenvalue weighted by molar-refractivity contribution is 6.33. The Hall–Kier alpha value is -1.65. The third kappa shape index (κ3) is 3.22. The molecule has 19 heavy (non-hydrogen) atoms. The van der Waals surface area contributed by atoms with E-state index in [0.29, 0.717) is 23.1 Å². The molecule has 1 aromatic heterocycles. The van der Waals surface area contributed by atoms with Crippen LogP contribution in [0.3, 0.4) is 0 Å². The summed E-state index contributed by atoms with van der Waals surface area (Å²) in [6, 6.07) is 6.49. The van der Waals surface area contributed by atoms with Crippen LogP contribution >= 0.6 is 23.2 Å². The average molecular weight is 300 g/mol. The van der Waals surface area contributed by atoms with Gasteiger partial charge in [-0.3, -0.25) is 4.79 Å². The molecule has 1 amide bonds. The molecule has 0 radical (unpaired) electrons. The van der Waals surface area contributed by atoms with Crippen LogP contribution in [0.25, 0.3) is 0 Å². The van der Waals surface area contributed by atoms with Gasteiger partial charge in [-0.1, -0.05) is 11.6 Å². The van der Waals surface area contributed by atoms with Crippen molar-refractivity contribution in [3.05, 3.63) is 46.3 Å². The van der Waals surface area contributed by atoms with E-state index in [1.54, 1.807) is 18.2 Å². The van der Waals surface area contributed by atoms with Gasteiger partial charge in [-0.25, -0.2) is 0 Å². The molecule has 0 atom stereocenters. The molecule has 100 valence electrons. The van der Waals surface area contributed by atoms with Gasteiger partial charge in [0, 0.05) is 5.69 Å². The molecule has 0 aliphatic carbocycles. The highest BCUT2D eigenvalue weighted by Gasteiger charge is 2.13. The van der Waals surface area contributed by atoms with E-state index in [1.165, 1.54) is 12.3 Å². The largest absolute Gasteiger partial charge is 0.492 e. The van der Waals surface area contributed by atoms with E-state index in [1.807, 2.05) is 6.92 Å². The van der Waals surface area contributed by atoms with E-state index in [-0.39, 0.29) is 16.7 Å². The Morgan fingerprint density at radius 3 is 2.74 bits per heavy atom. The molecule has 1 heterocycles. The minimum Gasteiger partial charge on any atom is -0.492 e. The summed E-state index contributed by atoms with van der Waals surface area (Å²) in [5.74, 6) is 0.211. The van der Waals surface area contributed by atoms with Gasteiger partial charge in [0.15, 0.2) is 0 Å². The van der Waals surface area contributed by atoms with Crippen LogP contribution in [0, 0.1) is 0 Å². The summed E-state index contributed by atoms with van der Waals surface area (Å²) in [6.07, 6.45) is 1.35. The molecule has 0 fully saturated rings. The fourth-order valence-electron chi connectivity index (χ4n) is 1.51. The predicted molar refractivity (Wildman–Crippen MR) is 74.3 cm³/mol. The van der Waals surface area contributed by atoms with Crippen LogP contribution in [0.4, 0.5) is 5.69 Å². The predicted octanol–water partition coefficient (Wildman–Crippen LogP) is 4.24. The smallest absolute Gasteiger partial charge is 0.260 e. The van der Waals surface area contributed by atoms with Crippen molar-refractivity contribution >= 4 is 34.8 Å². The van der Waals surface area contributed by atoms with E-state index < -0.39 is 0 Å². The Bertz CT molecular complexity index is 595. The van der Waals surface area contributed by atoms with Gasteiger partial charge in [0.05, 0.1) is 23.5 Å². The van der Waals surface area contributed by atoms with Crippen LogP contribution in [-0.4, -0.2) is 12.5 Å². The summed E-state index contributed by atoms with van der Waals surface area (Å²) >= 11 is 11.8. The number of halogens is 2. The van der Waals surface area contributed by atoms with Crippen LogP contribution < -0.4 is 10.1 Å². The molecule has 6 heteroatoms. The normalized spacial score (nSPS) is 10.3. The van der Waals surface area contributed by atoms with E-state index in [9.17, 15) is 4.79 Å². The topological polar surface area (TPSA) is 51.5 Å². The molecule has 2 aromatic rings. The highest BCUT2D eigenvalue weighted by Crippen LogP contribution is 2.28. The van der Waals surface area contributed by atoms with Crippen LogP contribution in [-0.2, 0) is 0 Å². The second kappa shape index (κ2) is 5.99. The van der Waals surface area contributed by atoms with Crippen molar-refractivity contribution in [3.63, 3.8) is 0 Å². The number of carbonyl (C=O) groups excluding carboxylic acids is 1. The summed E-state index contributed by atoms with van der Waals surface area (Å²) < 4.78 is 10.2. The maximum atomic E-state index is 11.9. The molecule has 0 aliphatic heterocycles. The Morgan fingerprint density at radius 2 is 2.16 bits per heavy atom. The zero-order chi connectivity index (χ0) is 13.8. The molecule has 0 spiro atoms. The third-order valence-corrected chi connectivity index (χ3v) is 2.94. The van der Waals surface area contributed by atoms with Gasteiger partial charge in [0.25, 0.3) is 5.91 Å². The number of hydrogen-bond acceptors (Lipinski definition) is 3. The monoisotopic (exact) mass is 299 g/mol. The summed E-state index contributed by atoms with van der Waals surface area (Å²) in [4.78, 5) is 11.9. The second-order valence-corrected chi connectivity index (χ2v) is 4.39. The molecule has 0 unspecified atom stereocenters. The minimum absolute atomic E-state index is 0.0505. The molecule has 2 rings (SSSR count). The maximum absolute atomic E-state index is 11.9. The fourth-order valence-corrected chi connectivity index (χ4v) is 1.94. The number of hydrogen-bond donors (Lipinski definition) is 1. The molecule has 0 saturated heterocycles. The minimum atomic E-state index is -0.362. The number of amides is 1. The first-order valence-corrected chi connectivity index (χ1v) is 6.34. The summed E-state index contributed by atoms with van der Waals surface area (Å²) in [7, 11) is 0. The fraction of sp³-hybridized carbons (Fsp3) is 0.154. The highest BCUT2D eigenvalue weighted by atomic mass is 35.5. The lowest BCUT2D eigenvalue weighted by Crippen LogP contribution is -2.11.